The molecule has 0 atom stereocenters. The predicted octanol–water partition coefficient (Wildman–Crippen LogP) is 0.648. The molecule has 0 aliphatic heterocycles. The molecule has 0 unspecified atom stereocenters. The van der Waals surface area contributed by atoms with Crippen LogP contribution in [0.2, 0.25) is 0 Å². The van der Waals surface area contributed by atoms with Crippen molar-refractivity contribution in [2.75, 3.05) is 0 Å². The third-order valence-electron chi connectivity index (χ3n) is 3.14. The van der Waals surface area contributed by atoms with Gasteiger partial charge in [-0.05, 0) is 25.8 Å². The molecule has 84 valence electrons. The minimum atomic E-state index is 0.224. The van der Waals surface area contributed by atoms with Crippen LogP contribution in [0.25, 0.3) is 6.08 Å². The molecule has 4 nitrogen and oxygen atoms in total. The SMILES string of the molecule is Cc1c(C)n2/c(=C\C(=C=N)C#N)cc[n+]2c1C. The average Bonchev–Trinajstić information content (AvgIpc) is 2.84. The molecule has 0 aliphatic carbocycles. The van der Waals surface area contributed by atoms with Gasteiger partial charge in [-0.1, -0.05) is 4.52 Å². The Labute approximate surface area is 99.2 Å². The minimum Gasteiger partial charge on any atom is -0.258 e. The first-order valence-corrected chi connectivity index (χ1v) is 5.30. The highest BCUT2D eigenvalue weighted by Gasteiger charge is 2.17. The summed E-state index contributed by atoms with van der Waals surface area (Å²) in [7, 11) is 0. The molecule has 2 heterocycles. The van der Waals surface area contributed by atoms with Crippen LogP contribution in [-0.4, -0.2) is 10.4 Å². The molecule has 0 spiro atoms. The van der Waals surface area contributed by atoms with Gasteiger partial charge in [0.25, 0.3) is 0 Å². The summed E-state index contributed by atoms with van der Waals surface area (Å²) >= 11 is 0. The highest BCUT2D eigenvalue weighted by Crippen LogP contribution is 2.06. The van der Waals surface area contributed by atoms with Crippen molar-refractivity contribution >= 4 is 11.9 Å². The molecule has 2 rings (SSSR count). The van der Waals surface area contributed by atoms with E-state index >= 15 is 0 Å². The number of nitrogens with one attached hydrogen (secondary N) is 1. The molecule has 0 radical (unpaired) electrons. The molecule has 0 saturated carbocycles. The number of fused-ring (bicyclic) bond motifs is 1. The van der Waals surface area contributed by atoms with Crippen molar-refractivity contribution in [3.8, 4) is 6.07 Å². The zero-order chi connectivity index (χ0) is 12.6. The lowest BCUT2D eigenvalue weighted by Gasteiger charge is -1.86. The molecule has 0 amide bonds. The molecule has 0 bridgehead atoms. The first kappa shape index (κ1) is 11.1. The number of rotatable bonds is 1. The fraction of sp³-hybridized carbons (Fsp3) is 0.231. The summed E-state index contributed by atoms with van der Waals surface area (Å²) in [6.45, 7) is 6.18. The standard InChI is InChI=1S/C13H13N4/c1-9-10(2)16-5-4-13(17(16)11(9)3)6-12(7-14)8-15/h4-6,14H,1-3H3/q+1/b13-6-. The van der Waals surface area contributed by atoms with Crippen molar-refractivity contribution in [2.24, 2.45) is 0 Å². The summed E-state index contributed by atoms with van der Waals surface area (Å²) in [6, 6.07) is 3.86. The summed E-state index contributed by atoms with van der Waals surface area (Å²) in [5, 5.41) is 16.7. The van der Waals surface area contributed by atoms with Gasteiger partial charge in [0.05, 0.1) is 5.69 Å². The van der Waals surface area contributed by atoms with Gasteiger partial charge in [-0.25, -0.2) is 0 Å². The van der Waals surface area contributed by atoms with Crippen LogP contribution >= 0.6 is 0 Å². The number of hydrogen-bond donors (Lipinski definition) is 1. The van der Waals surface area contributed by atoms with Crippen LogP contribution in [0.5, 0.6) is 0 Å². The van der Waals surface area contributed by atoms with Crippen LogP contribution in [0, 0.1) is 37.5 Å². The topological polar surface area (TPSA) is 56.1 Å². The van der Waals surface area contributed by atoms with E-state index in [9.17, 15) is 0 Å². The van der Waals surface area contributed by atoms with Crippen molar-refractivity contribution in [1.82, 2.24) is 4.52 Å². The van der Waals surface area contributed by atoms with Gasteiger partial charge in [0.1, 0.15) is 17.0 Å². The summed E-state index contributed by atoms with van der Waals surface area (Å²) in [5.41, 5.74) is 3.78. The van der Waals surface area contributed by atoms with Crippen LogP contribution in [0.15, 0.2) is 17.8 Å². The highest BCUT2D eigenvalue weighted by molar-refractivity contribution is 5.74. The lowest BCUT2D eigenvalue weighted by atomic mass is 10.2. The van der Waals surface area contributed by atoms with Crippen LogP contribution in [0.4, 0.5) is 0 Å². The van der Waals surface area contributed by atoms with Gasteiger partial charge in [0, 0.05) is 18.6 Å². The van der Waals surface area contributed by atoms with Crippen molar-refractivity contribution in [2.45, 2.75) is 20.8 Å². The number of nitrogens with zero attached hydrogens (tertiary/aromatic N) is 3. The molecule has 0 aromatic carbocycles. The first-order valence-electron chi connectivity index (χ1n) is 5.30. The second kappa shape index (κ2) is 3.89. The van der Waals surface area contributed by atoms with E-state index in [1.807, 2.05) is 34.3 Å². The third kappa shape index (κ3) is 1.54. The zero-order valence-corrected chi connectivity index (χ0v) is 10.1. The highest BCUT2D eigenvalue weighted by atomic mass is 15.3. The monoisotopic (exact) mass is 225 g/mol. The number of nitriles is 1. The van der Waals surface area contributed by atoms with E-state index in [1.165, 1.54) is 11.3 Å². The fourth-order valence-electron chi connectivity index (χ4n) is 1.97. The fourth-order valence-corrected chi connectivity index (χ4v) is 1.97. The van der Waals surface area contributed by atoms with E-state index in [1.54, 1.807) is 6.08 Å². The summed E-state index contributed by atoms with van der Waals surface area (Å²) in [6.07, 6.45) is 3.62. The van der Waals surface area contributed by atoms with Gasteiger partial charge in [-0.2, -0.15) is 5.26 Å². The normalized spacial score (nSPS) is 11.5. The molecule has 2 aromatic rings. The Morgan fingerprint density at radius 1 is 1.47 bits per heavy atom. The molecular formula is C13H13N4+. The Morgan fingerprint density at radius 2 is 2.18 bits per heavy atom. The van der Waals surface area contributed by atoms with Crippen LogP contribution in [0.1, 0.15) is 17.0 Å². The Balaban J connectivity index is 2.87. The zero-order valence-electron chi connectivity index (χ0n) is 10.1. The van der Waals surface area contributed by atoms with Gasteiger partial charge in [0.15, 0.2) is 0 Å². The lowest BCUT2D eigenvalue weighted by Crippen LogP contribution is -2.32. The number of hydrogen-bond acceptors (Lipinski definition) is 2. The van der Waals surface area contributed by atoms with Crippen molar-refractivity contribution in [3.05, 3.63) is 40.1 Å². The largest absolute Gasteiger partial charge is 0.258 e. The maximum absolute atomic E-state index is 8.81. The lowest BCUT2D eigenvalue weighted by molar-refractivity contribution is -0.620. The first-order chi connectivity index (χ1) is 8.10. The van der Waals surface area contributed by atoms with Gasteiger partial charge in [0.2, 0.25) is 11.9 Å². The summed E-state index contributed by atoms with van der Waals surface area (Å²) in [5.74, 6) is 2.12. The van der Waals surface area contributed by atoms with Crippen LogP contribution in [0.3, 0.4) is 0 Å². The Bertz CT molecular complexity index is 737. The third-order valence-corrected chi connectivity index (χ3v) is 3.14. The van der Waals surface area contributed by atoms with Crippen LogP contribution < -0.4 is 9.86 Å². The maximum Gasteiger partial charge on any atom is 0.214 e. The molecule has 2 aromatic heterocycles. The van der Waals surface area contributed by atoms with E-state index in [-0.39, 0.29) is 5.57 Å². The van der Waals surface area contributed by atoms with Gasteiger partial charge in [-0.15, -0.1) is 4.52 Å². The molecule has 1 N–H and O–H groups in total. The van der Waals surface area contributed by atoms with E-state index in [2.05, 4.69) is 19.7 Å². The second-order valence-electron chi connectivity index (χ2n) is 3.99. The van der Waals surface area contributed by atoms with Gasteiger partial charge < -0.3 is 0 Å². The minimum absolute atomic E-state index is 0.224. The van der Waals surface area contributed by atoms with Gasteiger partial charge in [-0.3, -0.25) is 5.41 Å². The van der Waals surface area contributed by atoms with Crippen molar-refractivity contribution in [1.29, 1.82) is 10.7 Å². The quantitative estimate of drug-likeness (QED) is 0.432. The Kier molecular flexibility index (Phi) is 2.55. The molecule has 4 heteroatoms. The van der Waals surface area contributed by atoms with E-state index in [4.69, 9.17) is 10.7 Å². The van der Waals surface area contributed by atoms with Crippen LogP contribution in [-0.2, 0) is 0 Å². The maximum atomic E-state index is 8.81. The van der Waals surface area contributed by atoms with E-state index in [0.29, 0.717) is 0 Å². The number of aryl methyl sites for hydroxylation is 2. The Hall–Kier alpha value is -2.37. The molecule has 0 fully saturated rings. The number of allylic oxidation sites excluding steroid dienone is 1. The van der Waals surface area contributed by atoms with Gasteiger partial charge >= 0.3 is 0 Å². The van der Waals surface area contributed by atoms with Crippen molar-refractivity contribution in [3.63, 3.8) is 0 Å². The van der Waals surface area contributed by atoms with E-state index < -0.39 is 0 Å². The molecule has 17 heavy (non-hydrogen) atoms. The van der Waals surface area contributed by atoms with Crippen molar-refractivity contribution < 1.29 is 4.52 Å². The predicted molar refractivity (Wildman–Crippen MR) is 63.8 cm³/mol. The number of aromatic nitrogens is 2. The molecular weight excluding hydrogens is 212 g/mol. The smallest absolute Gasteiger partial charge is 0.214 e. The Morgan fingerprint density at radius 3 is 2.76 bits per heavy atom. The average molecular weight is 225 g/mol. The summed E-state index contributed by atoms with van der Waals surface area (Å²) in [4.78, 5) is 0. The molecule has 0 saturated heterocycles. The second-order valence-corrected chi connectivity index (χ2v) is 3.99. The van der Waals surface area contributed by atoms with E-state index in [0.717, 1.165) is 11.0 Å². The molecule has 0 aliphatic rings. The summed E-state index contributed by atoms with van der Waals surface area (Å²) < 4.78 is 4.06.